The SMILES string of the molecule is COC(=O)c1ccc(S(=O)(=O)NC[C@@](C)(O)c2cccs2)cc1. The van der Waals surface area contributed by atoms with Crippen LogP contribution in [0.5, 0.6) is 0 Å². The molecule has 0 aliphatic heterocycles. The molecule has 1 heterocycles. The highest BCUT2D eigenvalue weighted by Gasteiger charge is 2.27. The summed E-state index contributed by atoms with van der Waals surface area (Å²) in [5.41, 5.74) is -1.04. The number of aliphatic hydroxyl groups is 1. The Morgan fingerprint density at radius 2 is 1.96 bits per heavy atom. The van der Waals surface area contributed by atoms with E-state index in [1.807, 2.05) is 5.38 Å². The van der Waals surface area contributed by atoms with Gasteiger partial charge in [-0.1, -0.05) is 6.07 Å². The number of thiophene rings is 1. The van der Waals surface area contributed by atoms with Crippen molar-refractivity contribution < 1.29 is 23.1 Å². The molecule has 0 saturated carbocycles. The number of hydrogen-bond acceptors (Lipinski definition) is 6. The fourth-order valence-corrected chi connectivity index (χ4v) is 3.80. The van der Waals surface area contributed by atoms with Crippen LogP contribution in [0.15, 0.2) is 46.7 Å². The fraction of sp³-hybridized carbons (Fsp3) is 0.267. The molecule has 2 N–H and O–H groups in total. The van der Waals surface area contributed by atoms with E-state index in [0.717, 1.165) is 0 Å². The van der Waals surface area contributed by atoms with E-state index in [1.165, 1.54) is 42.7 Å². The quantitative estimate of drug-likeness (QED) is 0.770. The lowest BCUT2D eigenvalue weighted by atomic mass is 10.1. The van der Waals surface area contributed by atoms with E-state index in [1.54, 1.807) is 19.1 Å². The lowest BCUT2D eigenvalue weighted by Crippen LogP contribution is -2.38. The van der Waals surface area contributed by atoms with E-state index in [4.69, 9.17) is 0 Å². The number of sulfonamides is 1. The van der Waals surface area contributed by atoms with Crippen molar-refractivity contribution in [3.63, 3.8) is 0 Å². The van der Waals surface area contributed by atoms with E-state index in [2.05, 4.69) is 9.46 Å². The lowest BCUT2D eigenvalue weighted by Gasteiger charge is -2.22. The Bertz CT molecular complexity index is 765. The number of carbonyl (C=O) groups excluding carboxylic acids is 1. The standard InChI is InChI=1S/C15H17NO5S2/c1-15(18,13-4-3-9-22-13)10-16-23(19,20)12-7-5-11(6-8-12)14(17)21-2/h3-9,16,18H,10H2,1-2H3/t15-/m1/s1. The molecule has 2 aromatic rings. The molecule has 6 nitrogen and oxygen atoms in total. The zero-order valence-corrected chi connectivity index (χ0v) is 14.3. The minimum atomic E-state index is -3.79. The summed E-state index contributed by atoms with van der Waals surface area (Å²) < 4.78 is 31.5. The molecule has 1 aromatic carbocycles. The maximum Gasteiger partial charge on any atom is 0.337 e. The number of hydrogen-bond donors (Lipinski definition) is 2. The Morgan fingerprint density at radius 3 is 2.48 bits per heavy atom. The molecule has 0 radical (unpaired) electrons. The zero-order valence-electron chi connectivity index (χ0n) is 12.6. The molecule has 2 rings (SSSR count). The van der Waals surface area contributed by atoms with Crippen molar-refractivity contribution in [2.24, 2.45) is 0 Å². The van der Waals surface area contributed by atoms with E-state index in [-0.39, 0.29) is 17.0 Å². The summed E-state index contributed by atoms with van der Waals surface area (Å²) in [5.74, 6) is -0.539. The summed E-state index contributed by atoms with van der Waals surface area (Å²) in [4.78, 5) is 12.0. The van der Waals surface area contributed by atoms with Crippen LogP contribution in [0.1, 0.15) is 22.2 Å². The maximum absolute atomic E-state index is 12.3. The van der Waals surface area contributed by atoms with Gasteiger partial charge >= 0.3 is 5.97 Å². The van der Waals surface area contributed by atoms with E-state index >= 15 is 0 Å². The second-order valence-corrected chi connectivity index (χ2v) is 7.81. The van der Waals surface area contributed by atoms with Crippen LogP contribution in [0.3, 0.4) is 0 Å². The Morgan fingerprint density at radius 1 is 1.30 bits per heavy atom. The molecule has 1 aromatic heterocycles. The first kappa shape index (κ1) is 17.6. The van der Waals surface area contributed by atoms with Gasteiger partial charge in [-0.05, 0) is 42.6 Å². The second kappa shape index (κ2) is 6.79. The Kier molecular flexibility index (Phi) is 5.20. The number of methoxy groups -OCH3 is 1. The van der Waals surface area contributed by atoms with Crippen LogP contribution in [-0.2, 0) is 20.4 Å². The Balaban J connectivity index is 2.11. The number of rotatable bonds is 6. The van der Waals surface area contributed by atoms with Gasteiger partial charge in [0.15, 0.2) is 0 Å². The van der Waals surface area contributed by atoms with Crippen molar-refractivity contribution in [3.05, 3.63) is 52.2 Å². The van der Waals surface area contributed by atoms with Crippen molar-refractivity contribution in [2.45, 2.75) is 17.4 Å². The fourth-order valence-electron chi connectivity index (χ4n) is 1.88. The predicted octanol–water partition coefficient (Wildman–Crippen LogP) is 1.72. The molecule has 0 bridgehead atoms. The second-order valence-electron chi connectivity index (χ2n) is 5.09. The Labute approximate surface area is 138 Å². The number of carbonyl (C=O) groups is 1. The molecule has 0 spiro atoms. The largest absolute Gasteiger partial charge is 0.465 e. The van der Waals surface area contributed by atoms with Crippen LogP contribution in [0.25, 0.3) is 0 Å². The van der Waals surface area contributed by atoms with Crippen molar-refractivity contribution in [1.29, 1.82) is 0 Å². The molecule has 23 heavy (non-hydrogen) atoms. The van der Waals surface area contributed by atoms with Crippen molar-refractivity contribution in [1.82, 2.24) is 4.72 Å². The van der Waals surface area contributed by atoms with E-state index < -0.39 is 21.6 Å². The van der Waals surface area contributed by atoms with Crippen LogP contribution in [-0.4, -0.2) is 33.1 Å². The molecule has 0 fully saturated rings. The van der Waals surface area contributed by atoms with Crippen LogP contribution in [0.4, 0.5) is 0 Å². The molecule has 0 saturated heterocycles. The summed E-state index contributed by atoms with van der Waals surface area (Å²) in [7, 11) is -2.54. The number of ether oxygens (including phenoxy) is 1. The molecule has 0 amide bonds. The monoisotopic (exact) mass is 355 g/mol. The number of nitrogens with one attached hydrogen (secondary N) is 1. The van der Waals surface area contributed by atoms with Crippen molar-refractivity contribution >= 4 is 27.3 Å². The average Bonchev–Trinajstić information content (AvgIpc) is 3.08. The highest BCUT2D eigenvalue weighted by atomic mass is 32.2. The summed E-state index contributed by atoms with van der Waals surface area (Å²) in [6.45, 7) is 1.39. The Hall–Kier alpha value is -1.74. The third-order valence-electron chi connectivity index (χ3n) is 3.24. The highest BCUT2D eigenvalue weighted by Crippen LogP contribution is 2.25. The van der Waals surface area contributed by atoms with Gasteiger partial charge in [-0.25, -0.2) is 17.9 Å². The van der Waals surface area contributed by atoms with Gasteiger partial charge in [0.05, 0.1) is 17.6 Å². The zero-order chi connectivity index (χ0) is 17.1. The van der Waals surface area contributed by atoms with Crippen LogP contribution >= 0.6 is 11.3 Å². The predicted molar refractivity (Wildman–Crippen MR) is 86.9 cm³/mol. The summed E-state index contributed by atoms with van der Waals surface area (Å²) in [5, 5.41) is 12.2. The number of benzene rings is 1. The van der Waals surface area contributed by atoms with Crippen LogP contribution in [0.2, 0.25) is 0 Å². The summed E-state index contributed by atoms with van der Waals surface area (Å²) in [6, 6.07) is 8.90. The first-order valence-corrected chi connectivity index (χ1v) is 9.07. The summed E-state index contributed by atoms with van der Waals surface area (Å²) >= 11 is 1.35. The minimum Gasteiger partial charge on any atom is -0.465 e. The average molecular weight is 355 g/mol. The minimum absolute atomic E-state index is 0.00660. The van der Waals surface area contributed by atoms with Gasteiger partial charge in [0.1, 0.15) is 5.60 Å². The van der Waals surface area contributed by atoms with E-state index in [9.17, 15) is 18.3 Å². The smallest absolute Gasteiger partial charge is 0.337 e. The summed E-state index contributed by atoms with van der Waals surface area (Å²) in [6.07, 6.45) is 0. The third-order valence-corrected chi connectivity index (χ3v) is 5.78. The van der Waals surface area contributed by atoms with Gasteiger partial charge in [-0.3, -0.25) is 0 Å². The molecule has 0 unspecified atom stereocenters. The van der Waals surface area contributed by atoms with Gasteiger partial charge in [-0.2, -0.15) is 0 Å². The number of esters is 1. The van der Waals surface area contributed by atoms with Crippen LogP contribution < -0.4 is 4.72 Å². The van der Waals surface area contributed by atoms with Gasteiger partial charge < -0.3 is 9.84 Å². The lowest BCUT2D eigenvalue weighted by molar-refractivity contribution is 0.0600. The van der Waals surface area contributed by atoms with Gasteiger partial charge in [0.2, 0.25) is 10.0 Å². The molecule has 124 valence electrons. The van der Waals surface area contributed by atoms with E-state index in [0.29, 0.717) is 4.88 Å². The third kappa shape index (κ3) is 4.17. The van der Waals surface area contributed by atoms with Gasteiger partial charge in [0.25, 0.3) is 0 Å². The molecule has 0 aliphatic carbocycles. The highest BCUT2D eigenvalue weighted by molar-refractivity contribution is 7.89. The topological polar surface area (TPSA) is 92.7 Å². The molecule has 0 aliphatic rings. The molecular formula is C15H17NO5S2. The molecule has 8 heteroatoms. The van der Waals surface area contributed by atoms with Crippen LogP contribution in [0, 0.1) is 0 Å². The maximum atomic E-state index is 12.3. The van der Waals surface area contributed by atoms with Gasteiger partial charge in [0, 0.05) is 11.4 Å². The van der Waals surface area contributed by atoms with Crippen molar-refractivity contribution in [2.75, 3.05) is 13.7 Å². The normalized spacial score (nSPS) is 14.2. The van der Waals surface area contributed by atoms with Crippen molar-refractivity contribution in [3.8, 4) is 0 Å². The first-order valence-electron chi connectivity index (χ1n) is 6.71. The molecule has 1 atom stereocenters. The first-order chi connectivity index (χ1) is 10.8. The van der Waals surface area contributed by atoms with Gasteiger partial charge in [-0.15, -0.1) is 11.3 Å². The molecular weight excluding hydrogens is 338 g/mol.